The zero-order valence-corrected chi connectivity index (χ0v) is 17.6. The van der Waals surface area contributed by atoms with Gasteiger partial charge in [-0.05, 0) is 44.6 Å². The van der Waals surface area contributed by atoms with Crippen molar-refractivity contribution >= 4 is 5.91 Å². The number of rotatable bonds is 6. The van der Waals surface area contributed by atoms with Gasteiger partial charge in [-0.3, -0.25) is 4.79 Å². The van der Waals surface area contributed by atoms with Crippen LogP contribution in [0.15, 0.2) is 11.8 Å². The van der Waals surface area contributed by atoms with Crippen LogP contribution < -0.4 is 51.2 Å². The zero-order chi connectivity index (χ0) is 16.0. The summed E-state index contributed by atoms with van der Waals surface area (Å²) >= 11 is 0. The third kappa shape index (κ3) is 6.70. The topological polar surface area (TPSA) is 79.2 Å². The van der Waals surface area contributed by atoms with Crippen molar-refractivity contribution in [3.8, 4) is 11.8 Å². The number of likely N-dealkylation sites (N-methyl/N-ethyl adjacent to an activating group) is 1. The molecule has 2 fully saturated rings. The Hall–Kier alpha value is -0.640. The van der Waals surface area contributed by atoms with Gasteiger partial charge in [0.1, 0.15) is 0 Å². The first-order valence-electron chi connectivity index (χ1n) is 8.04. The van der Waals surface area contributed by atoms with Gasteiger partial charge in [0.05, 0.1) is 6.04 Å². The van der Waals surface area contributed by atoms with Crippen LogP contribution in [0.5, 0.6) is 0 Å². The van der Waals surface area contributed by atoms with Gasteiger partial charge < -0.3 is 29.1 Å². The van der Waals surface area contributed by atoms with Crippen molar-refractivity contribution in [3.63, 3.8) is 0 Å². The maximum absolute atomic E-state index is 12.0. The monoisotopic (exact) mass is 341 g/mol. The van der Waals surface area contributed by atoms with Crippen molar-refractivity contribution in [2.45, 2.75) is 45.1 Å². The summed E-state index contributed by atoms with van der Waals surface area (Å²) in [6.07, 6.45) is 6.67. The number of hydrogen-bond donors (Lipinski definition) is 4. The number of carbonyl (C=O) groups excluding carboxylic acids is 1. The second kappa shape index (κ2) is 11.1. The van der Waals surface area contributed by atoms with Crippen LogP contribution in [-0.2, 0) is 4.79 Å². The molecule has 1 saturated heterocycles. The number of hydrogen-bond acceptors (Lipinski definition) is 4. The summed E-state index contributed by atoms with van der Waals surface area (Å²) in [4.78, 5) is 12.0. The fourth-order valence-corrected chi connectivity index (χ4v) is 2.72. The predicted octanol–water partition coefficient (Wildman–Crippen LogP) is -1.90. The molecule has 5 nitrogen and oxygen atoms in total. The Morgan fingerprint density at radius 2 is 2.21 bits per heavy atom. The zero-order valence-electron chi connectivity index (χ0n) is 15.6. The standard InChI is InChI=1S/C17H27N4O.CH3.Na/c1-13(19-2)14(11-18)6-4-3-5-9-20-16(22)15-10-17(7-8-17)12-21-15;;/h11,15,19,21H,3,5,7-10,12,18H2,1-2H3,(H,20,22);1H3;/q2*-1;+1/b14-11-;;. The third-order valence-electron chi connectivity index (χ3n) is 4.58. The molecule has 2 rings (SSSR count). The summed E-state index contributed by atoms with van der Waals surface area (Å²) in [6, 6.07) is 0.970. The van der Waals surface area contributed by atoms with Crippen LogP contribution in [0.25, 0.3) is 0 Å². The molecule has 2 aliphatic rings. The Bertz CT molecular complexity index is 491. The molecule has 0 bridgehead atoms. The minimum Gasteiger partial charge on any atom is -0.454 e. The first kappa shape index (κ1) is 23.4. The Balaban J connectivity index is 0.00000264. The van der Waals surface area contributed by atoms with E-state index in [0.29, 0.717) is 12.0 Å². The summed E-state index contributed by atoms with van der Waals surface area (Å²) in [6.45, 7) is 3.62. The van der Waals surface area contributed by atoms with Crippen LogP contribution in [0.3, 0.4) is 0 Å². The molecule has 24 heavy (non-hydrogen) atoms. The quantitative estimate of drug-likeness (QED) is 0.197. The van der Waals surface area contributed by atoms with Crippen LogP contribution >= 0.6 is 0 Å². The fourth-order valence-electron chi connectivity index (χ4n) is 2.72. The van der Waals surface area contributed by atoms with Crippen LogP contribution in [0.4, 0.5) is 0 Å². The Morgan fingerprint density at radius 1 is 1.50 bits per heavy atom. The van der Waals surface area contributed by atoms with Crippen molar-refractivity contribution in [2.24, 2.45) is 11.1 Å². The van der Waals surface area contributed by atoms with Crippen molar-refractivity contribution in [1.29, 1.82) is 0 Å². The van der Waals surface area contributed by atoms with Gasteiger partial charge in [0, 0.05) is 13.1 Å². The summed E-state index contributed by atoms with van der Waals surface area (Å²) in [7, 11) is 1.85. The van der Waals surface area contributed by atoms with Gasteiger partial charge in [-0.15, -0.1) is 11.6 Å². The number of unbranched alkanes of at least 4 members (excludes halogenated alkanes) is 1. The molecule has 0 aromatic rings. The maximum atomic E-state index is 12.0. The summed E-state index contributed by atoms with van der Waals surface area (Å²) < 4.78 is 0. The van der Waals surface area contributed by atoms with Gasteiger partial charge in [0.15, 0.2) is 0 Å². The van der Waals surface area contributed by atoms with Gasteiger partial charge in [-0.1, -0.05) is 13.1 Å². The van der Waals surface area contributed by atoms with E-state index in [0.717, 1.165) is 37.4 Å². The molecule has 1 heterocycles. The van der Waals surface area contributed by atoms with E-state index in [2.05, 4.69) is 27.8 Å². The summed E-state index contributed by atoms with van der Waals surface area (Å²) in [5, 5.41) is 9.36. The molecule has 6 heteroatoms. The second-order valence-corrected chi connectivity index (χ2v) is 6.29. The Kier molecular flexibility index (Phi) is 10.8. The molecule has 1 unspecified atom stereocenters. The van der Waals surface area contributed by atoms with Crippen molar-refractivity contribution in [3.05, 3.63) is 25.2 Å². The number of amides is 1. The van der Waals surface area contributed by atoms with E-state index in [-0.39, 0.29) is 48.9 Å². The first-order chi connectivity index (χ1) is 10.6. The van der Waals surface area contributed by atoms with E-state index < -0.39 is 0 Å². The molecule has 1 aliphatic carbocycles. The molecule has 1 aliphatic heterocycles. The molecule has 0 aromatic heterocycles. The smallest absolute Gasteiger partial charge is 0.454 e. The van der Waals surface area contributed by atoms with Gasteiger partial charge in [-0.2, -0.15) is 5.92 Å². The van der Waals surface area contributed by atoms with Crippen molar-refractivity contribution < 1.29 is 34.4 Å². The van der Waals surface area contributed by atoms with E-state index in [1.807, 2.05) is 14.0 Å². The largest absolute Gasteiger partial charge is 1.00 e. The Labute approximate surface area is 169 Å². The van der Waals surface area contributed by atoms with E-state index in [1.165, 1.54) is 19.0 Å². The van der Waals surface area contributed by atoms with E-state index in [1.54, 1.807) is 0 Å². The maximum Gasteiger partial charge on any atom is 1.00 e. The van der Waals surface area contributed by atoms with E-state index >= 15 is 0 Å². The molecule has 0 aromatic carbocycles. The Morgan fingerprint density at radius 3 is 2.75 bits per heavy atom. The minimum absolute atomic E-state index is 0. The molecule has 1 saturated carbocycles. The summed E-state index contributed by atoms with van der Waals surface area (Å²) in [5.41, 5.74) is 6.81. The molecule has 1 amide bonds. The predicted molar refractivity (Wildman–Crippen MR) is 94.8 cm³/mol. The minimum atomic E-state index is 0. The number of nitrogens with two attached hydrogens (primary N) is 1. The molecule has 130 valence electrons. The fraction of sp³-hybridized carbons (Fsp3) is 0.611. The van der Waals surface area contributed by atoms with Crippen LogP contribution in [0.2, 0.25) is 0 Å². The molecular formula is C18H30N4NaO-. The van der Waals surface area contributed by atoms with Crippen LogP contribution in [-0.4, -0.2) is 32.1 Å². The van der Waals surface area contributed by atoms with Crippen molar-refractivity contribution in [1.82, 2.24) is 16.0 Å². The normalized spacial score (nSPS) is 20.2. The molecule has 0 radical (unpaired) electrons. The van der Waals surface area contributed by atoms with Gasteiger partial charge >= 0.3 is 29.6 Å². The van der Waals surface area contributed by atoms with E-state index in [9.17, 15) is 4.79 Å². The third-order valence-corrected chi connectivity index (χ3v) is 4.58. The second-order valence-electron chi connectivity index (χ2n) is 6.29. The van der Waals surface area contributed by atoms with Crippen molar-refractivity contribution in [2.75, 3.05) is 20.1 Å². The molecule has 5 N–H and O–H groups in total. The van der Waals surface area contributed by atoms with Gasteiger partial charge in [0.25, 0.3) is 0 Å². The molecular weight excluding hydrogens is 311 g/mol. The SMILES string of the molecule is CN[C-](C)/C(C#CCCCNC(=O)C1CC2(CC2)CN1)=C\N.[CH3-].[Na+]. The average Bonchev–Trinajstić information content (AvgIpc) is 3.15. The molecule has 1 spiro atoms. The van der Waals surface area contributed by atoms with E-state index in [4.69, 9.17) is 5.73 Å². The molecule has 1 atom stereocenters. The first-order valence-corrected chi connectivity index (χ1v) is 8.04. The van der Waals surface area contributed by atoms with Crippen LogP contribution in [0, 0.1) is 30.7 Å². The number of carbonyl (C=O) groups is 1. The number of nitrogens with one attached hydrogen (secondary N) is 3. The van der Waals surface area contributed by atoms with Gasteiger partial charge in [-0.25, -0.2) is 5.92 Å². The average molecular weight is 341 g/mol. The van der Waals surface area contributed by atoms with Gasteiger partial charge in [0.2, 0.25) is 5.91 Å². The summed E-state index contributed by atoms with van der Waals surface area (Å²) in [5.74, 6) is 6.27. The van der Waals surface area contributed by atoms with Crippen LogP contribution in [0.1, 0.15) is 39.0 Å².